The third-order valence-electron chi connectivity index (χ3n) is 5.14. The molecule has 8 nitrogen and oxygen atoms in total. The first kappa shape index (κ1) is 22.4. The number of hydrogen-bond donors (Lipinski definition) is 1. The summed E-state index contributed by atoms with van der Waals surface area (Å²) in [6, 6.07) is 9.59. The molecule has 0 aliphatic heterocycles. The molecule has 162 valence electrons. The lowest BCUT2D eigenvalue weighted by atomic mass is 9.95. The summed E-state index contributed by atoms with van der Waals surface area (Å²) in [4.78, 5) is 15.7. The van der Waals surface area contributed by atoms with E-state index in [4.69, 9.17) is 15.2 Å². The summed E-state index contributed by atoms with van der Waals surface area (Å²) in [5, 5.41) is 19.2. The highest BCUT2D eigenvalue weighted by Gasteiger charge is 2.29. The predicted molar refractivity (Wildman–Crippen MR) is 119 cm³/mol. The maximum Gasteiger partial charge on any atom is 0.343 e. The molecule has 0 saturated heterocycles. The average molecular weight is 430 g/mol. The van der Waals surface area contributed by atoms with Crippen LogP contribution in [0.3, 0.4) is 0 Å². The van der Waals surface area contributed by atoms with Crippen molar-refractivity contribution in [2.45, 2.75) is 20.8 Å². The van der Waals surface area contributed by atoms with Crippen LogP contribution in [-0.4, -0.2) is 31.3 Å². The number of hydrogen-bond acceptors (Lipinski definition) is 8. The standard InChI is InChI=1S/C24H22N4O4/c1-5-31-20-9-15(6-7-19(20)32-12-21(29)30-4)8-16-13(2)17(10-25)23-22(16)14(3)18(11-26)24(27)28-23/h6-9H,5,12H2,1-4H3,(H2,27,28)/b16-8+. The Kier molecular flexibility index (Phi) is 6.46. The quantitative estimate of drug-likeness (QED) is 0.687. The molecule has 0 unspecified atom stereocenters. The summed E-state index contributed by atoms with van der Waals surface area (Å²) in [5.41, 5.74) is 10.9. The Morgan fingerprint density at radius 2 is 1.94 bits per heavy atom. The molecule has 1 aromatic carbocycles. The van der Waals surface area contributed by atoms with E-state index in [0.29, 0.717) is 46.1 Å². The highest BCUT2D eigenvalue weighted by Crippen LogP contribution is 2.44. The minimum atomic E-state index is -0.499. The maximum absolute atomic E-state index is 11.4. The van der Waals surface area contributed by atoms with Gasteiger partial charge in [-0.1, -0.05) is 6.07 Å². The predicted octanol–water partition coefficient (Wildman–Crippen LogP) is 3.65. The highest BCUT2D eigenvalue weighted by molar-refractivity contribution is 6.08. The molecule has 8 heteroatoms. The van der Waals surface area contributed by atoms with Gasteiger partial charge in [-0.15, -0.1) is 0 Å². The molecule has 32 heavy (non-hydrogen) atoms. The number of pyridine rings is 1. The molecule has 0 atom stereocenters. The first-order valence-electron chi connectivity index (χ1n) is 9.86. The lowest BCUT2D eigenvalue weighted by Gasteiger charge is -2.13. The van der Waals surface area contributed by atoms with Crippen molar-refractivity contribution in [3.63, 3.8) is 0 Å². The number of aromatic nitrogens is 1. The molecule has 2 aromatic rings. The van der Waals surface area contributed by atoms with E-state index in [-0.39, 0.29) is 12.4 Å². The molecule has 1 heterocycles. The first-order chi connectivity index (χ1) is 15.4. The topological polar surface area (TPSA) is 131 Å². The molecule has 0 amide bonds. The number of anilines is 1. The van der Waals surface area contributed by atoms with Crippen LogP contribution in [0.25, 0.3) is 17.2 Å². The van der Waals surface area contributed by atoms with E-state index in [1.165, 1.54) is 7.11 Å². The van der Waals surface area contributed by atoms with E-state index in [1.807, 2.05) is 26.0 Å². The number of carbonyl (C=O) groups is 1. The van der Waals surface area contributed by atoms with Crippen molar-refractivity contribution in [2.24, 2.45) is 0 Å². The number of ether oxygens (including phenoxy) is 3. The summed E-state index contributed by atoms with van der Waals surface area (Å²) < 4.78 is 15.8. The summed E-state index contributed by atoms with van der Waals surface area (Å²) in [6.45, 7) is 5.65. The number of fused-ring (bicyclic) bond motifs is 1. The number of nitrogens with two attached hydrogens (primary N) is 1. The molecule has 1 aliphatic rings. The minimum absolute atomic E-state index is 0.108. The average Bonchev–Trinajstić information content (AvgIpc) is 3.03. The molecular formula is C24H22N4O4. The fraction of sp³-hybridized carbons (Fsp3) is 0.250. The van der Waals surface area contributed by atoms with Gasteiger partial charge in [0, 0.05) is 5.56 Å². The zero-order valence-electron chi connectivity index (χ0n) is 18.3. The van der Waals surface area contributed by atoms with Crippen LogP contribution >= 0.6 is 0 Å². The van der Waals surface area contributed by atoms with E-state index in [1.54, 1.807) is 19.1 Å². The number of allylic oxidation sites excluding steroid dienone is 3. The number of nitriles is 2. The van der Waals surface area contributed by atoms with Gasteiger partial charge in [-0.2, -0.15) is 10.5 Å². The van der Waals surface area contributed by atoms with Gasteiger partial charge in [0.25, 0.3) is 0 Å². The lowest BCUT2D eigenvalue weighted by molar-refractivity contribution is -0.142. The third kappa shape index (κ3) is 3.99. The van der Waals surface area contributed by atoms with Gasteiger partial charge >= 0.3 is 5.97 Å². The Balaban J connectivity index is 2.12. The summed E-state index contributed by atoms with van der Waals surface area (Å²) in [6.07, 6.45) is 1.90. The molecule has 2 N–H and O–H groups in total. The fourth-order valence-corrected chi connectivity index (χ4v) is 3.56. The molecule has 1 aliphatic carbocycles. The SMILES string of the molecule is CCOc1cc(/C=C2\C(C)=C(C#N)c3nc(N)c(C#N)c(C)c32)ccc1OCC(=O)OC. The number of rotatable bonds is 6. The third-order valence-corrected chi connectivity index (χ3v) is 5.14. The monoisotopic (exact) mass is 430 g/mol. The van der Waals surface area contributed by atoms with E-state index < -0.39 is 5.97 Å². The van der Waals surface area contributed by atoms with Crippen molar-refractivity contribution in [1.82, 2.24) is 4.98 Å². The molecule has 0 saturated carbocycles. The number of methoxy groups -OCH3 is 1. The van der Waals surface area contributed by atoms with Gasteiger partial charge in [0.05, 0.1) is 30.5 Å². The van der Waals surface area contributed by atoms with E-state index >= 15 is 0 Å². The van der Waals surface area contributed by atoms with Gasteiger partial charge in [0.1, 0.15) is 18.0 Å². The van der Waals surface area contributed by atoms with Crippen LogP contribution in [0.15, 0.2) is 23.8 Å². The van der Waals surface area contributed by atoms with Gasteiger partial charge in [0.15, 0.2) is 18.1 Å². The highest BCUT2D eigenvalue weighted by atomic mass is 16.6. The number of esters is 1. The molecule has 0 spiro atoms. The van der Waals surface area contributed by atoms with Crippen molar-refractivity contribution < 1.29 is 19.0 Å². The molecule has 0 radical (unpaired) electrons. The smallest absolute Gasteiger partial charge is 0.343 e. The van der Waals surface area contributed by atoms with Crippen LogP contribution in [0.2, 0.25) is 0 Å². The van der Waals surface area contributed by atoms with E-state index in [2.05, 4.69) is 21.9 Å². The summed E-state index contributed by atoms with van der Waals surface area (Å²) in [7, 11) is 1.29. The van der Waals surface area contributed by atoms with Crippen LogP contribution < -0.4 is 15.2 Å². The number of nitrogen functional groups attached to an aromatic ring is 1. The van der Waals surface area contributed by atoms with Crippen molar-refractivity contribution in [2.75, 3.05) is 26.1 Å². The Hall–Kier alpha value is -4.30. The van der Waals surface area contributed by atoms with Crippen molar-refractivity contribution in [3.8, 4) is 23.6 Å². The van der Waals surface area contributed by atoms with Gasteiger partial charge in [-0.05, 0) is 61.3 Å². The van der Waals surface area contributed by atoms with Gasteiger partial charge in [-0.3, -0.25) is 0 Å². The first-order valence-corrected chi connectivity index (χ1v) is 9.86. The Labute approximate surface area is 186 Å². The number of benzene rings is 1. The van der Waals surface area contributed by atoms with Crippen LogP contribution in [0.5, 0.6) is 11.5 Å². The van der Waals surface area contributed by atoms with Gasteiger partial charge < -0.3 is 19.9 Å². The van der Waals surface area contributed by atoms with E-state index in [0.717, 1.165) is 16.7 Å². The van der Waals surface area contributed by atoms with Crippen LogP contribution in [0.4, 0.5) is 5.82 Å². The van der Waals surface area contributed by atoms with Crippen LogP contribution in [0, 0.1) is 29.6 Å². The zero-order chi connectivity index (χ0) is 23.4. The molecule has 0 bridgehead atoms. The Morgan fingerprint density at radius 1 is 1.19 bits per heavy atom. The van der Waals surface area contributed by atoms with E-state index in [9.17, 15) is 15.3 Å². The lowest BCUT2D eigenvalue weighted by Crippen LogP contribution is -2.13. The Bertz CT molecular complexity index is 1250. The zero-order valence-corrected chi connectivity index (χ0v) is 18.3. The normalized spacial score (nSPS) is 13.4. The van der Waals surface area contributed by atoms with Crippen molar-refractivity contribution >= 4 is 29.0 Å². The largest absolute Gasteiger partial charge is 0.490 e. The van der Waals surface area contributed by atoms with Crippen LogP contribution in [0.1, 0.15) is 41.8 Å². The fourth-order valence-electron chi connectivity index (χ4n) is 3.56. The maximum atomic E-state index is 11.4. The summed E-state index contributed by atoms with van der Waals surface area (Å²) in [5.74, 6) is 0.488. The Morgan fingerprint density at radius 3 is 2.56 bits per heavy atom. The second kappa shape index (κ2) is 9.23. The second-order valence-corrected chi connectivity index (χ2v) is 7.01. The number of carbonyl (C=O) groups excluding carboxylic acids is 1. The number of nitrogens with zero attached hydrogens (tertiary/aromatic N) is 3. The molecular weight excluding hydrogens is 408 g/mol. The van der Waals surface area contributed by atoms with Crippen molar-refractivity contribution in [1.29, 1.82) is 10.5 Å². The van der Waals surface area contributed by atoms with Crippen molar-refractivity contribution in [3.05, 3.63) is 51.7 Å². The molecule has 3 rings (SSSR count). The molecule has 1 aromatic heterocycles. The molecule has 0 fully saturated rings. The van der Waals surface area contributed by atoms with Gasteiger partial charge in [-0.25, -0.2) is 9.78 Å². The van der Waals surface area contributed by atoms with Gasteiger partial charge in [0.2, 0.25) is 0 Å². The minimum Gasteiger partial charge on any atom is -0.490 e. The van der Waals surface area contributed by atoms with Crippen LogP contribution in [-0.2, 0) is 9.53 Å². The summed E-state index contributed by atoms with van der Waals surface area (Å²) >= 11 is 0. The second-order valence-electron chi connectivity index (χ2n) is 7.01.